The second kappa shape index (κ2) is 13.3. The van der Waals surface area contributed by atoms with E-state index in [0.717, 1.165) is 57.8 Å². The molecule has 9 heteroatoms. The Morgan fingerprint density at radius 3 is 0.917 bits per heavy atom. The maximum absolute atomic E-state index is 14.5. The predicted octanol–water partition coefficient (Wildman–Crippen LogP) is 7.41. The van der Waals surface area contributed by atoms with E-state index in [4.69, 9.17) is 0 Å². The van der Waals surface area contributed by atoms with Crippen molar-refractivity contribution >= 4 is 0 Å². The molecule has 0 radical (unpaired) electrons. The zero-order valence-electron chi connectivity index (χ0n) is 31.2. The number of rotatable bonds is 9. The number of aromatic nitrogens is 3. The molecular formula is C39H60N6O3. The van der Waals surface area contributed by atoms with Crippen LogP contribution in [0.15, 0.2) is 14.4 Å². The zero-order valence-corrected chi connectivity index (χ0v) is 31.2. The van der Waals surface area contributed by atoms with Gasteiger partial charge in [0, 0.05) is 38.9 Å². The monoisotopic (exact) mass is 660 g/mol. The SMILES string of the molecule is CC1(C)CC(CC#N)CC(C)(Cn2c(=O)n(CC3(C)CC(CC#N)CC(C)(C)C3)c(=O)n(CC3(C)CC(CC#N)CC(C)(C)C3)c2=O)C1. The van der Waals surface area contributed by atoms with Gasteiger partial charge in [0.1, 0.15) is 0 Å². The molecule has 48 heavy (non-hydrogen) atoms. The summed E-state index contributed by atoms with van der Waals surface area (Å²) in [7, 11) is 0. The van der Waals surface area contributed by atoms with E-state index in [2.05, 4.69) is 80.5 Å². The molecule has 1 heterocycles. The van der Waals surface area contributed by atoms with Gasteiger partial charge in [-0.05, 0) is 108 Å². The van der Waals surface area contributed by atoms with Crippen molar-refractivity contribution < 1.29 is 0 Å². The van der Waals surface area contributed by atoms with Crippen molar-refractivity contribution in [2.24, 2.45) is 50.2 Å². The molecule has 6 atom stereocenters. The van der Waals surface area contributed by atoms with E-state index in [1.54, 1.807) is 0 Å². The number of hydrogen-bond acceptors (Lipinski definition) is 6. The van der Waals surface area contributed by atoms with Crippen molar-refractivity contribution in [2.45, 2.75) is 159 Å². The Morgan fingerprint density at radius 1 is 0.479 bits per heavy atom. The molecule has 0 aromatic carbocycles. The standard InChI is InChI=1S/C39H60N6O3/c1-34(2)16-28(10-13-40)19-37(7,22-34)25-43-31(46)44(26-38(8)20-29(11-14-41)17-35(3,4)23-38)33(48)45(32(43)47)27-39(9)21-30(12-15-42)18-36(5,6)24-39/h28-30H,10-12,16-27H2,1-9H3. The van der Waals surface area contributed by atoms with Crippen LogP contribution in [0.1, 0.15) is 139 Å². The van der Waals surface area contributed by atoms with E-state index < -0.39 is 33.3 Å². The minimum Gasteiger partial charge on any atom is -0.247 e. The third-order valence-corrected chi connectivity index (χ3v) is 11.7. The highest BCUT2D eigenvalue weighted by atomic mass is 16.2. The molecule has 3 saturated carbocycles. The van der Waals surface area contributed by atoms with Crippen LogP contribution in [-0.2, 0) is 19.6 Å². The lowest BCUT2D eigenvalue weighted by atomic mass is 9.60. The largest absolute Gasteiger partial charge is 0.336 e. The molecule has 3 aliphatic rings. The van der Waals surface area contributed by atoms with Crippen LogP contribution in [0.5, 0.6) is 0 Å². The van der Waals surface area contributed by atoms with Crippen LogP contribution in [0, 0.1) is 84.2 Å². The number of hydrogen-bond donors (Lipinski definition) is 0. The molecule has 9 nitrogen and oxygen atoms in total. The summed E-state index contributed by atoms with van der Waals surface area (Å²) in [5.41, 5.74) is -3.05. The van der Waals surface area contributed by atoms with Crippen LogP contribution in [0.2, 0.25) is 0 Å². The summed E-state index contributed by atoms with van der Waals surface area (Å²) < 4.78 is 4.00. The van der Waals surface area contributed by atoms with Gasteiger partial charge in [0.15, 0.2) is 0 Å². The van der Waals surface area contributed by atoms with Crippen LogP contribution in [0.3, 0.4) is 0 Å². The van der Waals surface area contributed by atoms with E-state index in [-0.39, 0.29) is 53.6 Å². The third-order valence-electron chi connectivity index (χ3n) is 11.7. The third kappa shape index (κ3) is 8.72. The van der Waals surface area contributed by atoms with Gasteiger partial charge >= 0.3 is 17.1 Å². The quantitative estimate of drug-likeness (QED) is 0.270. The highest BCUT2D eigenvalue weighted by Crippen LogP contribution is 2.52. The van der Waals surface area contributed by atoms with E-state index in [0.29, 0.717) is 19.3 Å². The van der Waals surface area contributed by atoms with Crippen molar-refractivity contribution in [3.63, 3.8) is 0 Å². The van der Waals surface area contributed by atoms with Gasteiger partial charge in [-0.2, -0.15) is 15.8 Å². The molecule has 0 saturated heterocycles. The molecule has 3 fully saturated rings. The molecule has 4 rings (SSSR count). The van der Waals surface area contributed by atoms with Gasteiger partial charge in [-0.3, -0.25) is 0 Å². The van der Waals surface area contributed by atoms with Crippen LogP contribution < -0.4 is 17.1 Å². The molecule has 6 unspecified atom stereocenters. The van der Waals surface area contributed by atoms with E-state index in [1.807, 2.05) is 0 Å². The Kier molecular flexibility index (Phi) is 10.4. The summed E-state index contributed by atoms with van der Waals surface area (Å²) in [6.45, 7) is 20.1. The maximum Gasteiger partial charge on any atom is 0.336 e. The van der Waals surface area contributed by atoms with Gasteiger partial charge in [0.2, 0.25) is 0 Å². The smallest absolute Gasteiger partial charge is 0.247 e. The first-order valence-electron chi connectivity index (χ1n) is 18.1. The molecule has 0 amide bonds. The summed E-state index contributed by atoms with van der Waals surface area (Å²) in [4.78, 5) is 43.5. The van der Waals surface area contributed by atoms with Crippen LogP contribution in [0.25, 0.3) is 0 Å². The van der Waals surface area contributed by atoms with Gasteiger partial charge in [-0.1, -0.05) is 62.3 Å². The summed E-state index contributed by atoms with van der Waals surface area (Å²) >= 11 is 0. The van der Waals surface area contributed by atoms with Crippen molar-refractivity contribution in [3.8, 4) is 18.2 Å². The molecule has 264 valence electrons. The van der Waals surface area contributed by atoms with Crippen molar-refractivity contribution in [3.05, 3.63) is 31.5 Å². The second-order valence-electron chi connectivity index (χ2n) is 20.0. The fraction of sp³-hybridized carbons (Fsp3) is 0.846. The normalized spacial score (nSPS) is 34.0. The van der Waals surface area contributed by atoms with Gasteiger partial charge in [-0.25, -0.2) is 28.1 Å². The molecule has 0 aliphatic heterocycles. The van der Waals surface area contributed by atoms with Crippen molar-refractivity contribution in [1.29, 1.82) is 15.8 Å². The van der Waals surface area contributed by atoms with Crippen molar-refractivity contribution in [2.75, 3.05) is 0 Å². The maximum atomic E-state index is 14.5. The zero-order chi connectivity index (χ0) is 35.9. The van der Waals surface area contributed by atoms with Crippen molar-refractivity contribution in [1.82, 2.24) is 13.7 Å². The molecular weight excluding hydrogens is 600 g/mol. The topological polar surface area (TPSA) is 137 Å². The average Bonchev–Trinajstić information content (AvgIpc) is 2.89. The lowest BCUT2D eigenvalue weighted by molar-refractivity contribution is 0.0279. The van der Waals surface area contributed by atoms with E-state index >= 15 is 0 Å². The lowest BCUT2D eigenvalue weighted by Gasteiger charge is -2.47. The number of nitrogens with zero attached hydrogens (tertiary/aromatic N) is 6. The molecule has 1 aromatic heterocycles. The minimum absolute atomic E-state index is 0.0561. The fourth-order valence-electron chi connectivity index (χ4n) is 12.0. The molecule has 0 bridgehead atoms. The Balaban J connectivity index is 1.86. The average molecular weight is 661 g/mol. The molecule has 1 aromatic rings. The first kappa shape index (κ1) is 37.7. The summed E-state index contributed by atoms with van der Waals surface area (Å²) in [5, 5.41) is 28.6. The summed E-state index contributed by atoms with van der Waals surface area (Å²) in [6.07, 6.45) is 8.69. The highest BCUT2D eigenvalue weighted by molar-refractivity contribution is 4.99. The van der Waals surface area contributed by atoms with Crippen LogP contribution in [0.4, 0.5) is 0 Å². The molecule has 0 spiro atoms. The van der Waals surface area contributed by atoms with Gasteiger partial charge in [0.25, 0.3) is 0 Å². The van der Waals surface area contributed by atoms with Crippen LogP contribution in [-0.4, -0.2) is 13.7 Å². The van der Waals surface area contributed by atoms with Crippen LogP contribution >= 0.6 is 0 Å². The predicted molar refractivity (Wildman–Crippen MR) is 188 cm³/mol. The Morgan fingerprint density at radius 2 is 0.708 bits per heavy atom. The fourth-order valence-corrected chi connectivity index (χ4v) is 12.0. The molecule has 0 N–H and O–H groups in total. The summed E-state index contributed by atoms with van der Waals surface area (Å²) in [6, 6.07) is 7.03. The highest BCUT2D eigenvalue weighted by Gasteiger charge is 2.46. The van der Waals surface area contributed by atoms with Gasteiger partial charge in [-0.15, -0.1) is 0 Å². The Bertz CT molecular complexity index is 1450. The lowest BCUT2D eigenvalue weighted by Crippen LogP contribution is -2.59. The van der Waals surface area contributed by atoms with E-state index in [9.17, 15) is 30.2 Å². The summed E-state index contributed by atoms with van der Waals surface area (Å²) in [5.74, 6) is 0.524. The Hall–Kier alpha value is -3.12. The van der Waals surface area contributed by atoms with Gasteiger partial charge < -0.3 is 0 Å². The van der Waals surface area contributed by atoms with Gasteiger partial charge in [0.05, 0.1) is 18.2 Å². The Labute approximate surface area is 288 Å². The number of nitriles is 3. The van der Waals surface area contributed by atoms with E-state index in [1.165, 1.54) is 13.7 Å². The molecule has 3 aliphatic carbocycles. The first-order valence-corrected chi connectivity index (χ1v) is 18.1. The first-order chi connectivity index (χ1) is 22.1. The second-order valence-corrected chi connectivity index (χ2v) is 20.0. The minimum atomic E-state index is -0.555.